The summed E-state index contributed by atoms with van der Waals surface area (Å²) in [6.45, 7) is 7.71. The van der Waals surface area contributed by atoms with E-state index in [2.05, 4.69) is 15.9 Å². The highest BCUT2D eigenvalue weighted by Gasteiger charge is 2.49. The molecule has 1 aliphatic heterocycles. The second-order valence-corrected chi connectivity index (χ2v) is 11.3. The molecule has 0 amide bonds. The number of benzene rings is 1. The third-order valence-corrected chi connectivity index (χ3v) is 7.05. The Hall–Kier alpha value is -2.15. The highest BCUT2D eigenvalue weighted by atomic mass is 79.9. The van der Waals surface area contributed by atoms with Crippen molar-refractivity contribution in [2.45, 2.75) is 59.3 Å². The lowest BCUT2D eigenvalue weighted by atomic mass is 9.62. The van der Waals surface area contributed by atoms with E-state index in [0.717, 1.165) is 0 Å². The standard InChI is InChI=1S/C24H27BrO6/c1-23(2)7-14(26)21(15(27)8-23)20(22-16(28)9-24(3,4)10-17(22)29)12-5-18-19(6-13(12)25)31-11-30-18/h5-6,20-21,28H,7-11H2,1-4H3/t20-/m1/s1. The van der Waals surface area contributed by atoms with Crippen molar-refractivity contribution in [3.05, 3.63) is 33.5 Å². The van der Waals surface area contributed by atoms with Crippen LogP contribution in [0.4, 0.5) is 0 Å². The molecule has 4 rings (SSSR count). The predicted octanol–water partition coefficient (Wildman–Crippen LogP) is 5.04. The highest BCUT2D eigenvalue weighted by Crippen LogP contribution is 2.50. The first-order chi connectivity index (χ1) is 14.4. The zero-order chi connectivity index (χ0) is 22.7. The fourth-order valence-corrected chi connectivity index (χ4v) is 5.67. The van der Waals surface area contributed by atoms with Crippen molar-refractivity contribution in [1.29, 1.82) is 0 Å². The fraction of sp³-hybridized carbons (Fsp3) is 0.542. The van der Waals surface area contributed by atoms with Gasteiger partial charge in [-0.25, -0.2) is 0 Å². The van der Waals surface area contributed by atoms with Gasteiger partial charge in [0.05, 0.1) is 5.92 Å². The van der Waals surface area contributed by atoms with Crippen molar-refractivity contribution in [2.24, 2.45) is 16.7 Å². The monoisotopic (exact) mass is 490 g/mol. The van der Waals surface area contributed by atoms with Crippen molar-refractivity contribution in [2.75, 3.05) is 6.79 Å². The molecule has 1 aromatic carbocycles. The third kappa shape index (κ3) is 4.04. The number of hydrogen-bond acceptors (Lipinski definition) is 6. The van der Waals surface area contributed by atoms with Crippen molar-refractivity contribution in [3.8, 4) is 11.5 Å². The first kappa shape index (κ1) is 22.1. The normalized spacial score (nSPS) is 24.0. The molecule has 0 bridgehead atoms. The van der Waals surface area contributed by atoms with Gasteiger partial charge in [-0.15, -0.1) is 0 Å². The van der Waals surface area contributed by atoms with E-state index < -0.39 is 17.3 Å². The van der Waals surface area contributed by atoms with Gasteiger partial charge in [0.15, 0.2) is 17.3 Å². The van der Waals surface area contributed by atoms with Crippen LogP contribution in [0.3, 0.4) is 0 Å². The van der Waals surface area contributed by atoms with Crippen LogP contribution < -0.4 is 9.47 Å². The molecule has 3 aliphatic rings. The number of halogens is 1. The van der Waals surface area contributed by atoms with Crippen molar-refractivity contribution in [3.63, 3.8) is 0 Å². The molecule has 0 radical (unpaired) electrons. The molecule has 166 valence electrons. The minimum Gasteiger partial charge on any atom is -0.512 e. The van der Waals surface area contributed by atoms with E-state index in [0.29, 0.717) is 28.0 Å². The van der Waals surface area contributed by atoms with Crippen LogP contribution in [0.1, 0.15) is 64.9 Å². The molecule has 0 saturated heterocycles. The van der Waals surface area contributed by atoms with Crippen LogP contribution in [-0.2, 0) is 14.4 Å². The fourth-order valence-electron chi connectivity index (χ4n) is 5.10. The number of rotatable bonds is 3. The lowest BCUT2D eigenvalue weighted by Crippen LogP contribution is -2.43. The number of ketones is 3. The second-order valence-electron chi connectivity index (χ2n) is 10.4. The number of fused-ring (bicyclic) bond motifs is 1. The first-order valence-corrected chi connectivity index (χ1v) is 11.3. The molecular weight excluding hydrogens is 464 g/mol. The summed E-state index contributed by atoms with van der Waals surface area (Å²) in [5.74, 6) is -1.53. The molecule has 0 unspecified atom stereocenters. The molecular formula is C24H27BrO6. The Kier molecular flexibility index (Phi) is 5.31. The van der Waals surface area contributed by atoms with E-state index >= 15 is 0 Å². The number of aliphatic hydroxyl groups excluding tert-OH is 1. The molecule has 1 fully saturated rings. The number of carbonyl (C=O) groups excluding carboxylic acids is 3. The van der Waals surface area contributed by atoms with Gasteiger partial charge in [0, 0.05) is 41.6 Å². The smallest absolute Gasteiger partial charge is 0.231 e. The molecule has 1 N–H and O–H groups in total. The summed E-state index contributed by atoms with van der Waals surface area (Å²) in [4.78, 5) is 39.8. The van der Waals surface area contributed by atoms with E-state index in [1.54, 1.807) is 12.1 Å². The maximum Gasteiger partial charge on any atom is 0.231 e. The summed E-state index contributed by atoms with van der Waals surface area (Å²) in [5.41, 5.74) is -0.0594. The average Bonchev–Trinajstić information content (AvgIpc) is 3.03. The summed E-state index contributed by atoms with van der Waals surface area (Å²) in [5, 5.41) is 11.0. The molecule has 0 aromatic heterocycles. The van der Waals surface area contributed by atoms with Gasteiger partial charge in [-0.05, 0) is 28.5 Å². The second kappa shape index (κ2) is 7.47. The average molecular weight is 491 g/mol. The first-order valence-electron chi connectivity index (χ1n) is 10.5. The SMILES string of the molecule is CC1(C)CC(=O)C([C@H](C2=C(O)CC(C)(C)CC2=O)c2cc3c(cc2Br)OCO3)C(=O)C1. The molecule has 7 heteroatoms. The summed E-state index contributed by atoms with van der Waals surface area (Å²) < 4.78 is 11.5. The summed E-state index contributed by atoms with van der Waals surface area (Å²) in [6, 6.07) is 3.44. The number of aliphatic hydroxyl groups is 1. The van der Waals surface area contributed by atoms with Gasteiger partial charge in [0.1, 0.15) is 17.3 Å². The summed E-state index contributed by atoms with van der Waals surface area (Å²) in [6.07, 6.45) is 1.05. The maximum absolute atomic E-state index is 13.3. The number of Topliss-reactive ketones (excluding diaryl/α,β-unsaturated/α-hetero) is 3. The van der Waals surface area contributed by atoms with Crippen LogP contribution in [0.25, 0.3) is 0 Å². The van der Waals surface area contributed by atoms with Gasteiger partial charge >= 0.3 is 0 Å². The lowest BCUT2D eigenvalue weighted by molar-refractivity contribution is -0.140. The van der Waals surface area contributed by atoms with Crippen molar-refractivity contribution >= 4 is 33.3 Å². The van der Waals surface area contributed by atoms with E-state index in [1.807, 2.05) is 27.7 Å². The Labute approximate surface area is 190 Å². The van der Waals surface area contributed by atoms with Crippen LogP contribution in [0.15, 0.2) is 27.9 Å². The van der Waals surface area contributed by atoms with Gasteiger partial charge in [-0.1, -0.05) is 43.6 Å². The molecule has 1 aromatic rings. The van der Waals surface area contributed by atoms with E-state index in [-0.39, 0.29) is 60.2 Å². The Bertz CT molecular complexity index is 999. The number of allylic oxidation sites excluding steroid dienone is 2. The molecule has 1 saturated carbocycles. The van der Waals surface area contributed by atoms with Gasteiger partial charge in [-0.3, -0.25) is 14.4 Å². The summed E-state index contributed by atoms with van der Waals surface area (Å²) in [7, 11) is 0. The van der Waals surface area contributed by atoms with Gasteiger partial charge in [0.2, 0.25) is 6.79 Å². The minimum atomic E-state index is -1.02. The minimum absolute atomic E-state index is 0.0405. The van der Waals surface area contributed by atoms with E-state index in [4.69, 9.17) is 9.47 Å². The molecule has 1 atom stereocenters. The predicted molar refractivity (Wildman–Crippen MR) is 117 cm³/mol. The third-order valence-electron chi connectivity index (χ3n) is 6.37. The molecule has 31 heavy (non-hydrogen) atoms. The quantitative estimate of drug-likeness (QED) is 0.597. The Morgan fingerprint density at radius 3 is 2.06 bits per heavy atom. The van der Waals surface area contributed by atoms with Gasteiger partial charge < -0.3 is 14.6 Å². The van der Waals surface area contributed by atoms with E-state index in [9.17, 15) is 19.5 Å². The largest absolute Gasteiger partial charge is 0.512 e. The van der Waals surface area contributed by atoms with E-state index in [1.165, 1.54) is 0 Å². The number of hydrogen-bond donors (Lipinski definition) is 1. The number of carbonyl (C=O) groups is 3. The number of ether oxygens (including phenoxy) is 2. The highest BCUT2D eigenvalue weighted by molar-refractivity contribution is 9.10. The van der Waals surface area contributed by atoms with Crippen molar-refractivity contribution < 1.29 is 29.0 Å². The zero-order valence-corrected chi connectivity index (χ0v) is 19.8. The van der Waals surface area contributed by atoms with Gasteiger partial charge in [0.25, 0.3) is 0 Å². The van der Waals surface area contributed by atoms with Crippen LogP contribution in [0.5, 0.6) is 11.5 Å². The van der Waals surface area contributed by atoms with Crippen LogP contribution >= 0.6 is 15.9 Å². The van der Waals surface area contributed by atoms with Crippen LogP contribution in [0.2, 0.25) is 0 Å². The molecule has 1 heterocycles. The topological polar surface area (TPSA) is 89.9 Å². The Balaban J connectivity index is 1.90. The van der Waals surface area contributed by atoms with Crippen LogP contribution in [0, 0.1) is 16.7 Å². The lowest BCUT2D eigenvalue weighted by Gasteiger charge is -2.39. The summed E-state index contributed by atoms with van der Waals surface area (Å²) >= 11 is 3.53. The zero-order valence-electron chi connectivity index (χ0n) is 18.2. The molecule has 6 nitrogen and oxygen atoms in total. The van der Waals surface area contributed by atoms with Crippen LogP contribution in [-0.4, -0.2) is 29.2 Å². The van der Waals surface area contributed by atoms with Gasteiger partial charge in [-0.2, -0.15) is 0 Å². The maximum atomic E-state index is 13.3. The Morgan fingerprint density at radius 1 is 0.935 bits per heavy atom. The molecule has 2 aliphatic carbocycles. The molecule has 0 spiro atoms. The Morgan fingerprint density at radius 2 is 1.48 bits per heavy atom. The van der Waals surface area contributed by atoms with Crippen molar-refractivity contribution in [1.82, 2.24) is 0 Å².